The number of sulfone groups is 1. The van der Waals surface area contributed by atoms with Crippen molar-refractivity contribution in [1.82, 2.24) is 0 Å². The number of halogens is 3. The first-order valence-corrected chi connectivity index (χ1v) is 13.2. The highest BCUT2D eigenvalue weighted by atomic mass is 35.5. The number of ether oxygens (including phenoxy) is 1. The van der Waals surface area contributed by atoms with Crippen molar-refractivity contribution in [1.29, 1.82) is 5.26 Å². The monoisotopic (exact) mass is 554 g/mol. The molecule has 2 aliphatic rings. The van der Waals surface area contributed by atoms with E-state index in [1.165, 1.54) is 30.3 Å². The van der Waals surface area contributed by atoms with Gasteiger partial charge in [0.25, 0.3) is 0 Å². The van der Waals surface area contributed by atoms with Gasteiger partial charge >= 0.3 is 5.97 Å². The van der Waals surface area contributed by atoms with Gasteiger partial charge in [0.15, 0.2) is 9.84 Å². The molecule has 2 aliphatic carbocycles. The molecule has 36 heavy (non-hydrogen) atoms. The second-order valence-corrected chi connectivity index (χ2v) is 12.2. The third-order valence-corrected chi connectivity index (χ3v) is 10.2. The average Bonchev–Trinajstić information content (AvgIpc) is 3.45. The van der Waals surface area contributed by atoms with E-state index in [1.807, 2.05) is 6.07 Å². The lowest BCUT2D eigenvalue weighted by Gasteiger charge is -2.32. The van der Waals surface area contributed by atoms with E-state index in [1.54, 1.807) is 6.07 Å². The van der Waals surface area contributed by atoms with Crippen molar-refractivity contribution in [2.75, 3.05) is 0 Å². The number of nitriles is 1. The topological polar surface area (TPSA) is 148 Å². The van der Waals surface area contributed by atoms with Crippen LogP contribution in [0.25, 0.3) is 0 Å². The zero-order chi connectivity index (χ0) is 26.5. The van der Waals surface area contributed by atoms with Crippen LogP contribution in [0.15, 0.2) is 47.4 Å². The van der Waals surface area contributed by atoms with Crippen LogP contribution in [0.5, 0.6) is 0 Å². The van der Waals surface area contributed by atoms with E-state index in [-0.39, 0.29) is 40.0 Å². The summed E-state index contributed by atoms with van der Waals surface area (Å²) < 4.78 is 47.3. The predicted octanol–water partition coefficient (Wildman–Crippen LogP) is 3.74. The van der Waals surface area contributed by atoms with Crippen LogP contribution in [0.3, 0.4) is 0 Å². The molecule has 0 spiro atoms. The maximum absolute atomic E-state index is 14.4. The van der Waals surface area contributed by atoms with E-state index in [0.717, 1.165) is 6.07 Å². The van der Waals surface area contributed by atoms with Crippen molar-refractivity contribution in [2.45, 2.75) is 42.1 Å². The minimum atomic E-state index is -4.14. The minimum Gasteiger partial charge on any atom is -0.481 e. The summed E-state index contributed by atoms with van der Waals surface area (Å²) in [6.07, 6.45) is -2.14. The summed E-state index contributed by atoms with van der Waals surface area (Å²) >= 11 is 11.9. The summed E-state index contributed by atoms with van der Waals surface area (Å²) in [5.74, 6) is -4.19. The van der Waals surface area contributed by atoms with Crippen LogP contribution in [-0.4, -0.2) is 36.8 Å². The van der Waals surface area contributed by atoms with Gasteiger partial charge in [0.2, 0.25) is 5.91 Å². The van der Waals surface area contributed by atoms with Crippen molar-refractivity contribution in [3.8, 4) is 6.07 Å². The molecule has 2 saturated carbocycles. The first-order valence-electron chi connectivity index (χ1n) is 10.9. The van der Waals surface area contributed by atoms with Crippen molar-refractivity contribution in [3.63, 3.8) is 0 Å². The number of amides is 1. The summed E-state index contributed by atoms with van der Waals surface area (Å²) in [6.45, 7) is -0.385. The van der Waals surface area contributed by atoms with Crippen molar-refractivity contribution in [3.05, 3.63) is 63.9 Å². The van der Waals surface area contributed by atoms with Gasteiger partial charge in [-0.05, 0) is 43.5 Å². The van der Waals surface area contributed by atoms with Crippen molar-refractivity contribution >= 4 is 44.9 Å². The summed E-state index contributed by atoms with van der Waals surface area (Å²) in [4.78, 5) is 24.7. The number of aliphatic carboxylic acids is 1. The Balaban J connectivity index is 1.76. The van der Waals surface area contributed by atoms with E-state index in [9.17, 15) is 32.8 Å². The molecule has 0 bridgehead atoms. The van der Waals surface area contributed by atoms with Gasteiger partial charge in [0.05, 0.1) is 33.9 Å². The first-order chi connectivity index (χ1) is 16.9. The van der Waals surface area contributed by atoms with E-state index >= 15 is 0 Å². The molecule has 0 heterocycles. The molecular weight excluding hydrogens is 534 g/mol. The molecule has 1 amide bonds. The Bertz CT molecular complexity index is 1400. The summed E-state index contributed by atoms with van der Waals surface area (Å²) in [5, 5.41) is 18.9. The van der Waals surface area contributed by atoms with Crippen molar-refractivity contribution < 1.29 is 32.2 Å². The zero-order valence-corrected chi connectivity index (χ0v) is 21.0. The van der Waals surface area contributed by atoms with E-state index in [2.05, 4.69) is 0 Å². The minimum absolute atomic E-state index is 0.0269. The predicted molar refractivity (Wildman–Crippen MR) is 127 cm³/mol. The van der Waals surface area contributed by atoms with Crippen LogP contribution in [0.1, 0.15) is 24.8 Å². The van der Waals surface area contributed by atoms with Crippen LogP contribution in [0, 0.1) is 33.9 Å². The van der Waals surface area contributed by atoms with Gasteiger partial charge in [-0.25, -0.2) is 12.8 Å². The molecule has 12 heteroatoms. The Morgan fingerprint density at radius 2 is 1.92 bits per heavy atom. The molecule has 8 nitrogen and oxygen atoms in total. The summed E-state index contributed by atoms with van der Waals surface area (Å²) in [7, 11) is -4.14. The number of carbonyl (C=O) groups excluding carboxylic acids is 1. The zero-order valence-electron chi connectivity index (χ0n) is 18.7. The Kier molecular flexibility index (Phi) is 6.81. The lowest BCUT2D eigenvalue weighted by Crippen LogP contribution is -2.45. The standard InChI is InChI=1S/C24H21Cl2FN2O6S/c25-14-6-5-13(17(27)7-14)11-35-20-8-15(36(33,34)18-4-2-1-3-16(18)26)9-24(20,22(31)32)19-10-23(19,12-28)21(29)30/h1-7,15,19-20H,8-11H2,(H2,29,30)(H,31,32)/t15-,19?,20+,23?,24+/m1/s1. The molecule has 0 saturated heterocycles. The van der Waals surface area contributed by atoms with Gasteiger partial charge in [-0.3, -0.25) is 9.59 Å². The second-order valence-electron chi connectivity index (χ2n) is 9.12. The molecule has 190 valence electrons. The highest BCUT2D eigenvalue weighted by Crippen LogP contribution is 2.67. The highest BCUT2D eigenvalue weighted by molar-refractivity contribution is 7.92. The SMILES string of the molecule is N#CC1(C(N)=O)CC1[C@@]1(C(=O)O)C[C@H](S(=O)(=O)c2ccccc2Cl)C[C@@H]1OCc1ccc(Cl)cc1F. The van der Waals surface area contributed by atoms with Crippen LogP contribution in [0.2, 0.25) is 10.0 Å². The fraction of sp³-hybridized carbons (Fsp3) is 0.375. The van der Waals surface area contributed by atoms with Crippen LogP contribution >= 0.6 is 23.2 Å². The molecule has 0 aliphatic heterocycles. The number of nitrogens with two attached hydrogens (primary N) is 1. The smallest absolute Gasteiger partial charge is 0.312 e. The molecule has 2 fully saturated rings. The van der Waals surface area contributed by atoms with Gasteiger partial charge < -0.3 is 15.6 Å². The molecule has 2 aromatic carbocycles. The number of nitrogens with zero attached hydrogens (tertiary/aromatic N) is 1. The molecule has 2 aromatic rings. The number of carbonyl (C=O) groups is 2. The number of rotatable bonds is 8. The largest absolute Gasteiger partial charge is 0.481 e. The van der Waals surface area contributed by atoms with Gasteiger partial charge in [-0.1, -0.05) is 41.4 Å². The third kappa shape index (κ3) is 4.14. The lowest BCUT2D eigenvalue weighted by atomic mass is 9.75. The van der Waals surface area contributed by atoms with E-state index < -0.39 is 62.1 Å². The Hall–Kier alpha value is -2.71. The van der Waals surface area contributed by atoms with E-state index in [0.29, 0.717) is 0 Å². The molecule has 3 N–H and O–H groups in total. The Labute approximate surface area is 216 Å². The second kappa shape index (κ2) is 9.30. The maximum atomic E-state index is 14.4. The summed E-state index contributed by atoms with van der Waals surface area (Å²) in [5.41, 5.74) is 1.81. The number of hydrogen-bond acceptors (Lipinski definition) is 6. The van der Waals surface area contributed by atoms with Crippen LogP contribution in [0.4, 0.5) is 4.39 Å². The molecular formula is C24H21Cl2FN2O6S. The highest BCUT2D eigenvalue weighted by Gasteiger charge is 2.75. The lowest BCUT2D eigenvalue weighted by molar-refractivity contribution is -0.161. The summed E-state index contributed by atoms with van der Waals surface area (Å²) in [6, 6.07) is 11.5. The quantitative estimate of drug-likeness (QED) is 0.504. The average molecular weight is 555 g/mol. The van der Waals surface area contributed by atoms with Crippen LogP contribution in [-0.2, 0) is 30.8 Å². The normalized spacial score (nSPS) is 29.4. The van der Waals surface area contributed by atoms with Gasteiger partial charge in [0.1, 0.15) is 16.6 Å². The molecule has 2 unspecified atom stereocenters. The fourth-order valence-corrected chi connectivity index (χ4v) is 7.76. The number of carboxylic acids is 1. The number of primary amides is 1. The maximum Gasteiger partial charge on any atom is 0.312 e. The number of hydrogen-bond donors (Lipinski definition) is 2. The van der Waals surface area contributed by atoms with Gasteiger partial charge in [-0.2, -0.15) is 5.26 Å². The molecule has 5 atom stereocenters. The fourth-order valence-electron chi connectivity index (χ4n) is 5.25. The van der Waals surface area contributed by atoms with Gasteiger partial charge in [-0.15, -0.1) is 0 Å². The molecule has 4 rings (SSSR count). The first kappa shape index (κ1) is 26.4. The van der Waals surface area contributed by atoms with E-state index in [4.69, 9.17) is 33.7 Å². The van der Waals surface area contributed by atoms with Crippen molar-refractivity contribution in [2.24, 2.45) is 22.5 Å². The van der Waals surface area contributed by atoms with Crippen LogP contribution < -0.4 is 5.73 Å². The molecule has 0 aromatic heterocycles. The third-order valence-electron chi connectivity index (χ3n) is 7.27. The molecule has 0 radical (unpaired) electrons. The Morgan fingerprint density at radius 1 is 1.22 bits per heavy atom. The number of benzene rings is 2. The van der Waals surface area contributed by atoms with Gasteiger partial charge in [0, 0.05) is 16.5 Å². The number of carboxylic acid groups (broad SMARTS) is 1. The Morgan fingerprint density at radius 3 is 2.47 bits per heavy atom.